The van der Waals surface area contributed by atoms with Gasteiger partial charge < -0.3 is 36.9 Å². The van der Waals surface area contributed by atoms with Crippen molar-refractivity contribution in [3.8, 4) is 0 Å². The van der Waals surface area contributed by atoms with Gasteiger partial charge in [-0.25, -0.2) is 9.78 Å². The monoisotopic (exact) mass is 562 g/mol. The van der Waals surface area contributed by atoms with Gasteiger partial charge in [0.05, 0.1) is 12.4 Å². The maximum atomic E-state index is 13.2. The molecular weight excluding hydrogens is 528 g/mol. The Morgan fingerprint density at radius 3 is 2.10 bits per heavy atom. The number of nitrogens with two attached hydrogens (primary N) is 1. The molecule has 1 aromatic heterocycles. The number of nitrogens with zero attached hydrogens (tertiary/aromatic N) is 1. The largest absolute Gasteiger partial charge is 0.481 e. The summed E-state index contributed by atoms with van der Waals surface area (Å²) < 4.78 is 0. The van der Waals surface area contributed by atoms with Crippen LogP contribution in [0, 0.1) is 0 Å². The van der Waals surface area contributed by atoms with E-state index in [1.807, 2.05) is 6.26 Å². The number of hydrogen-bond acceptors (Lipinski definition) is 8. The maximum Gasteiger partial charge on any atom is 0.326 e. The third-order valence-corrected chi connectivity index (χ3v) is 6.40. The van der Waals surface area contributed by atoms with Gasteiger partial charge in [0.1, 0.15) is 18.1 Å². The van der Waals surface area contributed by atoms with Crippen LogP contribution < -0.4 is 21.7 Å². The first-order chi connectivity index (χ1) is 18.6. The summed E-state index contributed by atoms with van der Waals surface area (Å²) in [5.41, 5.74) is 7.29. The van der Waals surface area contributed by atoms with E-state index in [0.717, 1.165) is 0 Å². The number of rotatable bonds is 17. The number of imidazole rings is 1. The summed E-state index contributed by atoms with van der Waals surface area (Å²) >= 11 is 1.44. The fraction of sp³-hybridized carbons (Fsp3) is 0.440. The molecular formula is C25H34N6O7S. The van der Waals surface area contributed by atoms with Gasteiger partial charge in [0.15, 0.2) is 0 Å². The summed E-state index contributed by atoms with van der Waals surface area (Å²) in [6.45, 7) is 0. The number of carbonyl (C=O) groups excluding carboxylic acids is 3. The number of H-pyrrole nitrogens is 1. The zero-order chi connectivity index (χ0) is 28.8. The Labute approximate surface area is 229 Å². The Morgan fingerprint density at radius 1 is 0.923 bits per heavy atom. The molecule has 2 rings (SSSR count). The van der Waals surface area contributed by atoms with E-state index in [1.165, 1.54) is 24.3 Å². The van der Waals surface area contributed by atoms with Crippen molar-refractivity contribution in [3.05, 3.63) is 54.1 Å². The molecule has 0 aliphatic heterocycles. The highest BCUT2D eigenvalue weighted by molar-refractivity contribution is 7.98. The Morgan fingerprint density at radius 2 is 1.54 bits per heavy atom. The molecule has 39 heavy (non-hydrogen) atoms. The van der Waals surface area contributed by atoms with E-state index < -0.39 is 60.2 Å². The van der Waals surface area contributed by atoms with Crippen LogP contribution in [0.3, 0.4) is 0 Å². The second-order valence-corrected chi connectivity index (χ2v) is 9.80. The smallest absolute Gasteiger partial charge is 0.326 e. The number of thioether (sulfide) groups is 1. The molecule has 0 aliphatic rings. The molecule has 13 nitrogen and oxygen atoms in total. The predicted octanol–water partition coefficient (Wildman–Crippen LogP) is -0.321. The zero-order valence-corrected chi connectivity index (χ0v) is 22.3. The quantitative estimate of drug-likeness (QED) is 0.133. The number of nitrogens with one attached hydrogen (secondary N) is 4. The van der Waals surface area contributed by atoms with E-state index in [2.05, 4.69) is 25.9 Å². The average Bonchev–Trinajstić information content (AvgIpc) is 3.41. The summed E-state index contributed by atoms with van der Waals surface area (Å²) in [5, 5.41) is 26.2. The molecule has 0 saturated carbocycles. The van der Waals surface area contributed by atoms with Crippen LogP contribution in [-0.4, -0.2) is 86.0 Å². The molecule has 3 amide bonds. The van der Waals surface area contributed by atoms with Gasteiger partial charge in [-0.3, -0.25) is 19.2 Å². The zero-order valence-electron chi connectivity index (χ0n) is 21.5. The lowest BCUT2D eigenvalue weighted by Gasteiger charge is -2.25. The van der Waals surface area contributed by atoms with Crippen LogP contribution in [0.1, 0.15) is 30.5 Å². The fourth-order valence-electron chi connectivity index (χ4n) is 3.64. The van der Waals surface area contributed by atoms with E-state index in [0.29, 0.717) is 17.0 Å². The number of aromatic amines is 1. The lowest BCUT2D eigenvalue weighted by molar-refractivity contribution is -0.143. The van der Waals surface area contributed by atoms with E-state index >= 15 is 0 Å². The van der Waals surface area contributed by atoms with E-state index in [-0.39, 0.29) is 25.7 Å². The standard InChI is InChI=1S/C25H34N6O7S/c1-39-10-9-19(29-22(34)17(26)12-16-13-27-14-28-16)24(36)30-18(7-8-21(32)33)23(35)31-20(25(37)38)11-15-5-3-2-4-6-15/h2-6,13-14,17-20H,7-12,26H2,1H3,(H,27,28)(H,29,34)(H,30,36)(H,31,35)(H,32,33)(H,37,38). The molecule has 14 heteroatoms. The molecule has 212 valence electrons. The van der Waals surface area contributed by atoms with Gasteiger partial charge in [0.25, 0.3) is 0 Å². The number of carboxylic acids is 2. The van der Waals surface area contributed by atoms with Gasteiger partial charge in [0.2, 0.25) is 17.7 Å². The molecule has 1 heterocycles. The molecule has 1 aromatic carbocycles. The first-order valence-corrected chi connectivity index (χ1v) is 13.6. The summed E-state index contributed by atoms with van der Waals surface area (Å²) in [4.78, 5) is 68.6. The van der Waals surface area contributed by atoms with Gasteiger partial charge in [-0.2, -0.15) is 11.8 Å². The molecule has 0 saturated heterocycles. The molecule has 0 spiro atoms. The number of aromatic nitrogens is 2. The third kappa shape index (κ3) is 11.2. The molecule has 4 atom stereocenters. The normalized spacial score (nSPS) is 13.9. The third-order valence-electron chi connectivity index (χ3n) is 5.75. The van der Waals surface area contributed by atoms with Crippen molar-refractivity contribution in [2.75, 3.05) is 12.0 Å². The number of carboxylic acid groups (broad SMARTS) is 2. The SMILES string of the molecule is CSCCC(NC(=O)C(N)Cc1cnc[nH]1)C(=O)NC(CCC(=O)O)C(=O)NC(Cc1ccccc1)C(=O)O. The summed E-state index contributed by atoms with van der Waals surface area (Å²) in [6.07, 6.45) is 4.42. The van der Waals surface area contributed by atoms with Gasteiger partial charge in [-0.1, -0.05) is 30.3 Å². The van der Waals surface area contributed by atoms with Crippen LogP contribution >= 0.6 is 11.8 Å². The molecule has 0 aliphatic carbocycles. The highest BCUT2D eigenvalue weighted by atomic mass is 32.2. The highest BCUT2D eigenvalue weighted by Gasteiger charge is 2.30. The number of amides is 3. The molecule has 8 N–H and O–H groups in total. The second-order valence-electron chi connectivity index (χ2n) is 8.81. The van der Waals surface area contributed by atoms with Crippen LogP contribution in [0.15, 0.2) is 42.9 Å². The number of carbonyl (C=O) groups is 5. The Bertz CT molecular complexity index is 1100. The number of hydrogen-bond donors (Lipinski definition) is 7. The second kappa shape index (κ2) is 16.1. The molecule has 0 fully saturated rings. The van der Waals surface area contributed by atoms with Crippen molar-refractivity contribution in [2.45, 2.75) is 56.3 Å². The highest BCUT2D eigenvalue weighted by Crippen LogP contribution is 2.08. The molecule has 0 radical (unpaired) electrons. The van der Waals surface area contributed by atoms with Gasteiger partial charge >= 0.3 is 11.9 Å². The molecule has 2 aromatic rings. The first-order valence-electron chi connectivity index (χ1n) is 12.2. The molecule has 0 bridgehead atoms. The lowest BCUT2D eigenvalue weighted by atomic mass is 10.0. The molecule has 4 unspecified atom stereocenters. The minimum atomic E-state index is -1.35. The predicted molar refractivity (Wildman–Crippen MR) is 144 cm³/mol. The Balaban J connectivity index is 2.12. The summed E-state index contributed by atoms with van der Waals surface area (Å²) in [6, 6.07) is 3.96. The van der Waals surface area contributed by atoms with Gasteiger partial charge in [0, 0.05) is 31.2 Å². The van der Waals surface area contributed by atoms with Crippen molar-refractivity contribution >= 4 is 41.4 Å². The minimum Gasteiger partial charge on any atom is -0.481 e. The minimum absolute atomic E-state index is 0.0118. The van der Waals surface area contributed by atoms with Gasteiger partial charge in [-0.15, -0.1) is 0 Å². The van der Waals surface area contributed by atoms with Crippen LogP contribution in [-0.2, 0) is 36.8 Å². The lowest BCUT2D eigenvalue weighted by Crippen LogP contribution is -2.57. The van der Waals surface area contributed by atoms with Gasteiger partial charge in [-0.05, 0) is 30.4 Å². The Hall–Kier alpha value is -3.91. The van der Waals surface area contributed by atoms with Crippen molar-refractivity contribution < 1.29 is 34.2 Å². The number of benzene rings is 1. The maximum absolute atomic E-state index is 13.2. The van der Waals surface area contributed by atoms with E-state index in [1.54, 1.807) is 30.3 Å². The first kappa shape index (κ1) is 31.3. The van der Waals surface area contributed by atoms with Crippen LogP contribution in [0.5, 0.6) is 0 Å². The Kier molecular flexibility index (Phi) is 13.0. The van der Waals surface area contributed by atoms with E-state index in [4.69, 9.17) is 10.8 Å². The van der Waals surface area contributed by atoms with Crippen molar-refractivity contribution in [1.82, 2.24) is 25.9 Å². The van der Waals surface area contributed by atoms with Crippen molar-refractivity contribution in [2.24, 2.45) is 5.73 Å². The average molecular weight is 563 g/mol. The fourth-order valence-corrected chi connectivity index (χ4v) is 4.11. The van der Waals surface area contributed by atoms with Crippen LogP contribution in [0.25, 0.3) is 0 Å². The van der Waals surface area contributed by atoms with Crippen LogP contribution in [0.4, 0.5) is 0 Å². The van der Waals surface area contributed by atoms with Crippen molar-refractivity contribution in [1.29, 1.82) is 0 Å². The van der Waals surface area contributed by atoms with Crippen LogP contribution in [0.2, 0.25) is 0 Å². The summed E-state index contributed by atoms with van der Waals surface area (Å²) in [7, 11) is 0. The van der Waals surface area contributed by atoms with E-state index in [9.17, 15) is 29.1 Å². The topological polar surface area (TPSA) is 217 Å². The summed E-state index contributed by atoms with van der Waals surface area (Å²) in [5.74, 6) is -4.14. The van der Waals surface area contributed by atoms with Crippen molar-refractivity contribution in [3.63, 3.8) is 0 Å². The number of aliphatic carboxylic acids is 2.